The first-order chi connectivity index (χ1) is 69.6. The molecule has 19 N–H and O–H groups in total. The average Bonchev–Trinajstić information content (AvgIpc) is 0.810. The molecule has 5 aromatic heterocycles. The lowest BCUT2D eigenvalue weighted by molar-refractivity contribution is 0.104. The number of nitrogen functional groups attached to an aromatic ring is 5. The van der Waals surface area contributed by atoms with Crippen LogP contribution in [-0.4, -0.2) is 124 Å². The summed E-state index contributed by atoms with van der Waals surface area (Å²) in [5.41, 5.74) is 42.8. The quantitative estimate of drug-likeness (QED) is 0.00759. The number of nitrogens with two attached hydrogens (primary N) is 5. The van der Waals surface area contributed by atoms with Gasteiger partial charge in [-0.05, 0) is 264 Å². The van der Waals surface area contributed by atoms with Crippen LogP contribution in [0.2, 0.25) is 10.0 Å². The number of ether oxygens (including phenoxy) is 7. The summed E-state index contributed by atoms with van der Waals surface area (Å²) in [6.45, 7) is -0.672. The molecule has 0 saturated heterocycles. The molecular formula is C110H102Cl2FN15O16. The molecule has 0 saturated carbocycles. The fourth-order valence-electron chi connectivity index (χ4n) is 13.7. The van der Waals surface area contributed by atoms with Crippen molar-refractivity contribution in [2.75, 3.05) is 105 Å². The van der Waals surface area contributed by atoms with E-state index >= 15 is 0 Å². The van der Waals surface area contributed by atoms with Crippen LogP contribution in [0, 0.1) is 5.82 Å². The largest absolute Gasteiger partial charge is 0.508 e. The molecule has 0 aliphatic carbocycles. The number of halogens is 3. The van der Waals surface area contributed by atoms with E-state index in [1.165, 1.54) is 63.8 Å². The van der Waals surface area contributed by atoms with E-state index in [9.17, 15) is 48.8 Å². The van der Waals surface area contributed by atoms with Crippen molar-refractivity contribution in [1.29, 1.82) is 0 Å². The summed E-state index contributed by atoms with van der Waals surface area (Å²) < 4.78 is 49.3. The second-order valence-electron chi connectivity index (χ2n) is 30.6. The van der Waals surface area contributed by atoms with Crippen LogP contribution in [0.4, 0.5) is 90.4 Å². The van der Waals surface area contributed by atoms with Crippen LogP contribution in [-0.2, 0) is 19.8 Å². The van der Waals surface area contributed by atoms with Gasteiger partial charge in [0.05, 0.1) is 137 Å². The molecule has 144 heavy (non-hydrogen) atoms. The van der Waals surface area contributed by atoms with Crippen LogP contribution >= 0.6 is 23.2 Å². The van der Waals surface area contributed by atoms with Gasteiger partial charge in [0.1, 0.15) is 80.9 Å². The topological polar surface area (TPSA) is 486 Å². The van der Waals surface area contributed by atoms with Gasteiger partial charge in [-0.1, -0.05) is 90.0 Å². The average molecular weight is 1980 g/mol. The van der Waals surface area contributed by atoms with Gasteiger partial charge >= 0.3 is 0 Å². The molecule has 0 unspecified atom stereocenters. The number of carbonyl (C=O) groups excluding carboxylic acids is 5. The number of methoxy groups -OCH3 is 7. The number of aromatic hydroxyl groups is 1. The molecule has 0 fully saturated rings. The Kier molecular flexibility index (Phi) is 39.2. The van der Waals surface area contributed by atoms with Gasteiger partial charge in [0, 0.05) is 82.0 Å². The van der Waals surface area contributed by atoms with E-state index in [1.54, 1.807) is 308 Å². The summed E-state index contributed by atoms with van der Waals surface area (Å²) >= 11 is 12.1. The van der Waals surface area contributed by atoms with Crippen molar-refractivity contribution in [3.63, 3.8) is 0 Å². The Morgan fingerprint density at radius 2 is 0.604 bits per heavy atom. The Morgan fingerprint density at radius 1 is 0.312 bits per heavy atom. The number of pyridine rings is 5. The van der Waals surface area contributed by atoms with Crippen molar-refractivity contribution >= 4 is 168 Å². The smallest absolute Gasteiger partial charge is 0.189 e. The lowest BCUT2D eigenvalue weighted by Gasteiger charge is -2.15. The molecular weight excluding hydrogens is 1880 g/mol. The number of rotatable bonds is 35. The molecule has 734 valence electrons. The Bertz CT molecular complexity index is 7030. The number of aliphatic hydroxyl groups excluding tert-OH is 3. The van der Waals surface area contributed by atoms with Gasteiger partial charge in [-0.25, -0.2) is 29.3 Å². The normalized spacial score (nSPS) is 10.8. The van der Waals surface area contributed by atoms with Crippen molar-refractivity contribution in [2.45, 2.75) is 19.8 Å². The summed E-state index contributed by atoms with van der Waals surface area (Å²) in [6.07, 6.45) is 23.7. The molecule has 5 heterocycles. The predicted molar refractivity (Wildman–Crippen MR) is 566 cm³/mol. The molecule has 31 nitrogen and oxygen atoms in total. The van der Waals surface area contributed by atoms with E-state index in [0.717, 1.165) is 27.8 Å². The molecule has 15 aromatic rings. The summed E-state index contributed by atoms with van der Waals surface area (Å²) in [4.78, 5) is 84.9. The van der Waals surface area contributed by atoms with Crippen molar-refractivity contribution < 1.29 is 81.9 Å². The van der Waals surface area contributed by atoms with Gasteiger partial charge in [-0.15, -0.1) is 0 Å². The van der Waals surface area contributed by atoms with E-state index in [2.05, 4.69) is 51.5 Å². The lowest BCUT2D eigenvalue weighted by atomic mass is 10.1. The van der Waals surface area contributed by atoms with E-state index in [-0.39, 0.29) is 60.3 Å². The molecule has 10 aromatic carbocycles. The molecule has 0 bridgehead atoms. The first-order valence-corrected chi connectivity index (χ1v) is 44.5. The summed E-state index contributed by atoms with van der Waals surface area (Å²) in [5, 5.41) is 54.3. The van der Waals surface area contributed by atoms with Gasteiger partial charge in [-0.2, -0.15) is 0 Å². The van der Waals surface area contributed by atoms with E-state index in [0.29, 0.717) is 181 Å². The zero-order valence-electron chi connectivity index (χ0n) is 78.9. The zero-order chi connectivity index (χ0) is 103. The molecule has 0 spiro atoms. The Labute approximate surface area is 839 Å². The second kappa shape index (κ2) is 53.1. The van der Waals surface area contributed by atoms with E-state index in [1.807, 2.05) is 18.2 Å². The van der Waals surface area contributed by atoms with Gasteiger partial charge in [0.25, 0.3) is 0 Å². The number of benzene rings is 10. The maximum absolute atomic E-state index is 13.0. The van der Waals surface area contributed by atoms with Crippen LogP contribution in [0.5, 0.6) is 46.0 Å². The van der Waals surface area contributed by atoms with Crippen molar-refractivity contribution in [3.05, 3.63) is 398 Å². The SMILES string of the molecule is COc1ccc(/C=C/C(=O)c2cccnc2Nc2cc(CO)c(CO)c(OC)c2)cc1N.COc1ccc(/C=C/C(=O)c2cccnc2Nc2ccc(CO)c(OC)c2)cc1N.COc1ccc(/C=C/C(=O)c2cccnc2Nc2ccc(Cl)cc2Cl)cc1N.COc1ccc(/C=C/C(=O)c2cccnc2Nc2ccc(F)cc2)cc1N.COc1ccc(/C=C/C(=O)c2cccnc2Nc2ccc(O)cc2)cc1N. The minimum absolute atomic E-state index is 0.128. The molecule has 34 heteroatoms. The zero-order valence-corrected chi connectivity index (χ0v) is 80.4. The molecule has 0 radical (unpaired) electrons. The number of allylic oxidation sites excluding steroid dienone is 5. The third-order valence-corrected chi connectivity index (χ3v) is 21.6. The maximum atomic E-state index is 13.0. The number of aromatic nitrogens is 5. The standard InChI is InChI=1S/C24H25N3O5.C23H23N3O4.C21H17Cl2N3O2.C21H18FN3O2.C21H19N3O3/c1-31-22-8-6-15(10-20(22)25)5-7-21(30)18-4-3-9-26-24(18)27-17-11-16(13-28)19(14-29)23(12-17)32-2;1-29-21-10-6-15(12-19(21)24)5-9-20(28)18-4-3-11-25-23(18)26-17-8-7-16(14-27)22(13-17)30-2;1-28-20-9-5-13(11-17(20)24)4-8-19(27)15-3-2-10-25-21(15)26-18-7-6-14(22)12-16(18)23;1-27-20-11-5-14(13-18(20)23)4-10-19(26)17-3-2-12-24-21(17)25-16-8-6-15(22)7-9-16;1-27-20-11-5-14(13-18(20)22)4-10-19(26)17-3-2-12-23-21(17)24-15-6-8-16(25)9-7-15/h3-12,28-29H,13-14,25H2,1-2H3,(H,26,27);3-13,27H,14,24H2,1-2H3,(H,25,26);2-12H,24H2,1H3,(H,25,26);2-13H,23H2,1H3,(H,24,25);2-13,25H,22H2,1H3,(H,23,24)/b7-5+;9-5+;8-4+;2*10-4+. The third kappa shape index (κ3) is 30.2. The molecule has 15 rings (SSSR count). The summed E-state index contributed by atoms with van der Waals surface area (Å²) in [7, 11) is 10.7. The van der Waals surface area contributed by atoms with Gasteiger partial charge in [-0.3, -0.25) is 24.0 Å². The maximum Gasteiger partial charge on any atom is 0.189 e. The van der Waals surface area contributed by atoms with Gasteiger partial charge in [0.15, 0.2) is 28.9 Å². The molecule has 0 aliphatic rings. The van der Waals surface area contributed by atoms with Crippen LogP contribution < -0.4 is 88.4 Å². The number of nitrogens with zero attached hydrogens (tertiary/aromatic N) is 5. The number of phenolic OH excluding ortho intramolecular Hbond substituents is 1. The number of hydrogen-bond acceptors (Lipinski definition) is 31. The highest BCUT2D eigenvalue weighted by atomic mass is 35.5. The Hall–Kier alpha value is -18.2. The Balaban J connectivity index is 0.000000172. The highest BCUT2D eigenvalue weighted by molar-refractivity contribution is 6.36. The lowest BCUT2D eigenvalue weighted by Crippen LogP contribution is -2.05. The molecule has 0 amide bonds. The minimum Gasteiger partial charge on any atom is -0.508 e. The fraction of sp³-hybridized carbons (Fsp3) is 0.0909. The fourth-order valence-corrected chi connectivity index (χ4v) is 14.1. The van der Waals surface area contributed by atoms with Crippen molar-refractivity contribution in [3.8, 4) is 46.0 Å². The third-order valence-electron chi connectivity index (χ3n) is 21.0. The number of anilines is 15. The van der Waals surface area contributed by atoms with E-state index in [4.69, 9.17) is 85.0 Å². The van der Waals surface area contributed by atoms with E-state index < -0.39 is 0 Å². The molecule has 0 aliphatic heterocycles. The predicted octanol–water partition coefficient (Wildman–Crippen LogP) is 21.2. The highest BCUT2D eigenvalue weighted by Gasteiger charge is 2.20. The number of carbonyl (C=O) groups is 5. The molecule has 0 atom stereocenters. The summed E-state index contributed by atoms with van der Waals surface area (Å²) in [6, 6.07) is 69.3. The number of aliphatic hydroxyl groups is 3. The van der Waals surface area contributed by atoms with Crippen molar-refractivity contribution in [2.24, 2.45) is 0 Å². The highest BCUT2D eigenvalue weighted by Crippen LogP contribution is 2.36. The minimum atomic E-state index is -0.334. The number of hydrogen-bond donors (Lipinski definition) is 14. The van der Waals surface area contributed by atoms with Crippen LogP contribution in [0.3, 0.4) is 0 Å². The van der Waals surface area contributed by atoms with Crippen LogP contribution in [0.25, 0.3) is 30.4 Å². The van der Waals surface area contributed by atoms with Crippen LogP contribution in [0.15, 0.2) is 310 Å². The first-order valence-electron chi connectivity index (χ1n) is 43.8. The van der Waals surface area contributed by atoms with Crippen molar-refractivity contribution in [1.82, 2.24) is 24.9 Å². The number of ketones is 5. The summed E-state index contributed by atoms with van der Waals surface area (Å²) in [5.74, 6) is 4.60. The van der Waals surface area contributed by atoms with Gasteiger partial charge in [0.2, 0.25) is 0 Å². The number of nitrogens with one attached hydrogen (secondary N) is 5. The van der Waals surface area contributed by atoms with Gasteiger partial charge < -0.3 is 109 Å². The first kappa shape index (κ1) is 106. The Morgan fingerprint density at radius 3 is 0.903 bits per heavy atom. The second-order valence-corrected chi connectivity index (χ2v) is 31.5. The monoisotopic (exact) mass is 1980 g/mol. The number of phenols is 1. The van der Waals surface area contributed by atoms with Crippen LogP contribution in [0.1, 0.15) is 96.3 Å².